The van der Waals surface area contributed by atoms with Gasteiger partial charge >= 0.3 is 0 Å². The van der Waals surface area contributed by atoms with Crippen LogP contribution in [0.3, 0.4) is 0 Å². The highest BCUT2D eigenvalue weighted by molar-refractivity contribution is 8.93. The normalized spacial score (nSPS) is 13.7. The van der Waals surface area contributed by atoms with E-state index in [1.165, 1.54) is 5.56 Å². The fraction of sp³-hybridized carbons (Fsp3) is 0.500. The van der Waals surface area contributed by atoms with Crippen LogP contribution in [0.25, 0.3) is 0 Å². The predicted octanol–water partition coefficient (Wildman–Crippen LogP) is 5.94. The third kappa shape index (κ3) is 5.22. The number of carbonyl (C=O) groups excluding carboxylic acids is 1. The van der Waals surface area contributed by atoms with Crippen molar-refractivity contribution < 1.29 is 9.90 Å². The molecule has 0 atom stereocenters. The molecule has 1 aromatic heterocycles. The minimum atomic E-state index is -0.295. The summed E-state index contributed by atoms with van der Waals surface area (Å²) < 4.78 is 0. The van der Waals surface area contributed by atoms with Crippen LogP contribution < -0.4 is 0 Å². The molecule has 0 radical (unpaired) electrons. The van der Waals surface area contributed by atoms with E-state index in [9.17, 15) is 9.90 Å². The molecule has 2 N–H and O–H groups in total. The van der Waals surface area contributed by atoms with Crippen LogP contribution in [0.4, 0.5) is 0 Å². The molecule has 0 fully saturated rings. The summed E-state index contributed by atoms with van der Waals surface area (Å²) in [4.78, 5) is 19.6. The summed E-state index contributed by atoms with van der Waals surface area (Å²) in [5, 5.41) is 19.4. The van der Waals surface area contributed by atoms with Crippen molar-refractivity contribution in [2.45, 2.75) is 78.7 Å². The highest BCUT2D eigenvalue weighted by Gasteiger charge is 2.30. The fourth-order valence-electron chi connectivity index (χ4n) is 4.09. The van der Waals surface area contributed by atoms with Crippen LogP contribution in [-0.4, -0.2) is 33.2 Å². The van der Waals surface area contributed by atoms with Crippen molar-refractivity contribution in [3.05, 3.63) is 57.9 Å². The molecule has 0 saturated heterocycles. The Balaban J connectivity index is 0.00000363. The smallest absolute Gasteiger partial charge is 0.182 e. The number of pyridine rings is 1. The van der Waals surface area contributed by atoms with Gasteiger partial charge in [0.05, 0.1) is 6.54 Å². The van der Waals surface area contributed by atoms with Gasteiger partial charge in [-0.15, -0.1) is 17.0 Å². The van der Waals surface area contributed by atoms with Gasteiger partial charge in [0.25, 0.3) is 0 Å². The zero-order valence-corrected chi connectivity index (χ0v) is 22.0. The first kappa shape index (κ1) is 26.0. The van der Waals surface area contributed by atoms with Gasteiger partial charge in [0, 0.05) is 35.0 Å². The van der Waals surface area contributed by atoms with Crippen LogP contribution in [0.5, 0.6) is 5.75 Å². The van der Waals surface area contributed by atoms with Gasteiger partial charge in [0.2, 0.25) is 0 Å². The number of Topliss-reactive ketones (excluding diaryl/α,β-unsaturated/α-hetero) is 1. The highest BCUT2D eigenvalue weighted by atomic mass is 79.9. The number of aryl methyl sites for hydroxylation is 1. The average molecular weight is 502 g/mol. The van der Waals surface area contributed by atoms with Gasteiger partial charge < -0.3 is 10.0 Å². The molecule has 0 spiro atoms. The minimum absolute atomic E-state index is 0. The second kappa shape index (κ2) is 9.34. The average Bonchev–Trinajstić information content (AvgIpc) is 2.95. The number of rotatable bonds is 5. The number of fused-ring (bicyclic) bond motifs is 1. The molecule has 0 aliphatic carbocycles. The molecule has 1 aliphatic rings. The number of halogens is 1. The number of ketones is 1. The number of nitrogens with one attached hydrogen (secondary N) is 1. The number of benzene rings is 1. The monoisotopic (exact) mass is 501 g/mol. The molecule has 1 aliphatic heterocycles. The van der Waals surface area contributed by atoms with Crippen molar-refractivity contribution >= 4 is 28.6 Å². The number of phenols is 1. The summed E-state index contributed by atoms with van der Waals surface area (Å²) in [6.45, 7) is 15.0. The zero-order chi connectivity index (χ0) is 23.1. The molecule has 1 aromatic carbocycles. The minimum Gasteiger partial charge on any atom is -0.507 e. The van der Waals surface area contributed by atoms with Crippen LogP contribution in [0, 0.1) is 5.41 Å². The summed E-state index contributed by atoms with van der Waals surface area (Å²) in [7, 11) is 0. The molecule has 0 unspecified atom stereocenters. The topological polar surface area (TPSA) is 77.3 Å². The van der Waals surface area contributed by atoms with Crippen LogP contribution in [0.15, 0.2) is 24.4 Å². The summed E-state index contributed by atoms with van der Waals surface area (Å²) in [5.41, 5.74) is 4.39. The molecular formula is C26H36BrN3O2. The number of aromatic hydroxyl groups is 1. The van der Waals surface area contributed by atoms with Crippen LogP contribution in [0.2, 0.25) is 0 Å². The quantitative estimate of drug-likeness (QED) is 0.497. The number of hydrogen-bond acceptors (Lipinski definition) is 4. The molecule has 3 rings (SSSR count). The van der Waals surface area contributed by atoms with Gasteiger partial charge in [0.15, 0.2) is 5.78 Å². The predicted molar refractivity (Wildman–Crippen MR) is 136 cm³/mol. The first-order valence-electron chi connectivity index (χ1n) is 11.1. The lowest BCUT2D eigenvalue weighted by atomic mass is 9.78. The Morgan fingerprint density at radius 2 is 1.66 bits per heavy atom. The molecule has 0 bridgehead atoms. The second-order valence-electron chi connectivity index (χ2n) is 10.6. The van der Waals surface area contributed by atoms with E-state index in [-0.39, 0.29) is 45.9 Å². The lowest BCUT2D eigenvalue weighted by molar-refractivity contribution is 0.0962. The van der Waals surface area contributed by atoms with Crippen molar-refractivity contribution in [2.75, 3.05) is 6.54 Å². The Labute approximate surface area is 202 Å². The standard InChI is InChI=1S/C26H35N3O2.BrH/c1-8-9-16-10-18-14-29(24(27)22(18)28-13-16)15-21(30)17-11-19(25(2,3)4)23(31)20(12-17)26(5,6)7;/h10-13,27,31H,8-9,14-15H2,1-7H3;1H. The van der Waals surface area contributed by atoms with Crippen molar-refractivity contribution in [1.29, 1.82) is 5.41 Å². The number of phenolic OH excluding ortho intramolecular Hbond substituents is 1. The Morgan fingerprint density at radius 1 is 1.09 bits per heavy atom. The first-order chi connectivity index (χ1) is 14.3. The van der Waals surface area contributed by atoms with E-state index in [1.807, 2.05) is 59.9 Å². The lowest BCUT2D eigenvalue weighted by Gasteiger charge is -2.28. The number of hydrogen-bond donors (Lipinski definition) is 2. The molecule has 2 heterocycles. The maximum atomic E-state index is 13.3. The zero-order valence-electron chi connectivity index (χ0n) is 20.3. The van der Waals surface area contributed by atoms with Crippen LogP contribution in [0.1, 0.15) is 93.2 Å². The van der Waals surface area contributed by atoms with E-state index in [1.54, 1.807) is 4.90 Å². The summed E-state index contributed by atoms with van der Waals surface area (Å²) in [5.74, 6) is 0.519. The van der Waals surface area contributed by atoms with Gasteiger partial charge in [-0.3, -0.25) is 15.2 Å². The van der Waals surface area contributed by atoms with E-state index in [2.05, 4.69) is 18.0 Å². The first-order valence-corrected chi connectivity index (χ1v) is 11.1. The number of amidine groups is 1. The molecule has 5 nitrogen and oxygen atoms in total. The van der Waals surface area contributed by atoms with Gasteiger partial charge in [-0.2, -0.15) is 0 Å². The maximum absolute atomic E-state index is 13.3. The Bertz CT molecular complexity index is 997. The highest BCUT2D eigenvalue weighted by Crippen LogP contribution is 2.40. The lowest BCUT2D eigenvalue weighted by Crippen LogP contribution is -2.31. The van der Waals surface area contributed by atoms with Crippen molar-refractivity contribution in [2.24, 2.45) is 0 Å². The molecule has 0 amide bonds. The fourth-order valence-corrected chi connectivity index (χ4v) is 4.09. The molecule has 0 saturated carbocycles. The second-order valence-corrected chi connectivity index (χ2v) is 10.6. The Morgan fingerprint density at radius 3 is 2.16 bits per heavy atom. The number of aromatic nitrogens is 1. The van der Waals surface area contributed by atoms with Crippen LogP contribution in [-0.2, 0) is 23.8 Å². The van der Waals surface area contributed by atoms with E-state index in [0.29, 0.717) is 23.6 Å². The number of carbonyl (C=O) groups is 1. The Hall–Kier alpha value is -2.21. The molecule has 32 heavy (non-hydrogen) atoms. The van der Waals surface area contributed by atoms with E-state index in [0.717, 1.165) is 29.5 Å². The third-order valence-corrected chi connectivity index (χ3v) is 5.85. The van der Waals surface area contributed by atoms with Crippen molar-refractivity contribution in [1.82, 2.24) is 9.88 Å². The number of nitrogens with zero attached hydrogens (tertiary/aromatic N) is 2. The van der Waals surface area contributed by atoms with Gasteiger partial charge in [-0.05, 0) is 34.9 Å². The third-order valence-electron chi connectivity index (χ3n) is 5.85. The van der Waals surface area contributed by atoms with E-state index < -0.39 is 0 Å². The summed E-state index contributed by atoms with van der Waals surface area (Å²) in [6, 6.07) is 5.75. The van der Waals surface area contributed by atoms with Gasteiger partial charge in [-0.1, -0.05) is 61.0 Å². The SMILES string of the molecule is Br.CCCc1cnc2c(c1)CN(CC(=O)c1cc(C(C)(C)C)c(O)c(C(C)(C)C)c1)C2=N. The Kier molecular flexibility index (Phi) is 7.60. The van der Waals surface area contributed by atoms with Gasteiger partial charge in [0.1, 0.15) is 17.3 Å². The van der Waals surface area contributed by atoms with E-state index >= 15 is 0 Å². The molecular weight excluding hydrogens is 466 g/mol. The van der Waals surface area contributed by atoms with Crippen molar-refractivity contribution in [3.8, 4) is 5.75 Å². The molecule has 6 heteroatoms. The molecule has 174 valence electrons. The van der Waals surface area contributed by atoms with Gasteiger partial charge in [-0.25, -0.2) is 0 Å². The maximum Gasteiger partial charge on any atom is 0.182 e. The molecule has 2 aromatic rings. The van der Waals surface area contributed by atoms with E-state index in [4.69, 9.17) is 5.41 Å². The van der Waals surface area contributed by atoms with Crippen molar-refractivity contribution in [3.63, 3.8) is 0 Å². The largest absolute Gasteiger partial charge is 0.507 e. The summed E-state index contributed by atoms with van der Waals surface area (Å²) >= 11 is 0. The summed E-state index contributed by atoms with van der Waals surface area (Å²) in [6.07, 6.45) is 3.85. The van der Waals surface area contributed by atoms with Crippen LogP contribution >= 0.6 is 17.0 Å².